The Morgan fingerprint density at radius 2 is 1.02 bits per heavy atom. The van der Waals surface area contributed by atoms with Gasteiger partial charge in [0.15, 0.2) is 0 Å². The summed E-state index contributed by atoms with van der Waals surface area (Å²) in [5.74, 6) is -5.58. The monoisotopic (exact) mass is 594 g/mol. The molecule has 3 heterocycles. The van der Waals surface area contributed by atoms with Crippen LogP contribution in [-0.2, 0) is 62.3 Å². The summed E-state index contributed by atoms with van der Waals surface area (Å²) in [7, 11) is 0. The third-order valence-corrected chi connectivity index (χ3v) is 6.11. The molecule has 3 aliphatic rings. The van der Waals surface area contributed by atoms with Crippen molar-refractivity contribution in [3.05, 3.63) is 12.2 Å². The maximum Gasteiger partial charge on any atom is 0.335 e. The van der Waals surface area contributed by atoms with Crippen LogP contribution in [-0.4, -0.2) is 119 Å². The van der Waals surface area contributed by atoms with Gasteiger partial charge in [0.05, 0.1) is 39.3 Å². The zero-order valence-corrected chi connectivity index (χ0v) is 22.7. The van der Waals surface area contributed by atoms with Crippen LogP contribution in [0.15, 0.2) is 12.2 Å². The zero-order chi connectivity index (χ0) is 30.6. The van der Waals surface area contributed by atoms with Crippen molar-refractivity contribution < 1.29 is 62.3 Å². The topological polar surface area (TPSA) is 204 Å². The molecular weight excluding hydrogens is 564 g/mol. The number of ether oxygens (including phenoxy) is 2. The Morgan fingerprint density at radius 1 is 0.619 bits per heavy atom. The molecule has 0 bridgehead atoms. The first-order chi connectivity index (χ1) is 20.1. The first kappa shape index (κ1) is 32.0. The Hall–Kier alpha value is -4.51. The lowest BCUT2D eigenvalue weighted by Gasteiger charge is -2.24. The van der Waals surface area contributed by atoms with E-state index in [-0.39, 0.29) is 91.0 Å². The number of amides is 7. The molecule has 0 spiro atoms. The fourth-order valence-corrected chi connectivity index (χ4v) is 3.85. The highest BCUT2D eigenvalue weighted by atomic mass is 16.7. The number of hydroxylamine groups is 4. The number of carbonyl (C=O) groups excluding carboxylic acids is 9. The predicted octanol–water partition coefficient (Wildman–Crippen LogP) is -1.84. The highest BCUT2D eigenvalue weighted by Gasteiger charge is 2.33. The van der Waals surface area contributed by atoms with Gasteiger partial charge in [0.2, 0.25) is 5.91 Å². The van der Waals surface area contributed by atoms with E-state index in [9.17, 15) is 43.2 Å². The lowest BCUT2D eigenvalue weighted by molar-refractivity contribution is -0.198. The highest BCUT2D eigenvalue weighted by Crippen LogP contribution is 2.13. The Morgan fingerprint density at radius 3 is 1.43 bits per heavy atom. The van der Waals surface area contributed by atoms with Gasteiger partial charge in [0.1, 0.15) is 0 Å². The highest BCUT2D eigenvalue weighted by molar-refractivity contribution is 6.13. The summed E-state index contributed by atoms with van der Waals surface area (Å²) in [6.07, 6.45) is 1.40. The number of imide groups is 3. The van der Waals surface area contributed by atoms with E-state index in [1.54, 1.807) is 0 Å². The molecule has 2 saturated heterocycles. The van der Waals surface area contributed by atoms with Crippen LogP contribution in [0, 0.1) is 0 Å². The number of rotatable bonds is 17. The minimum atomic E-state index is -0.842. The Balaban J connectivity index is 1.39. The minimum absolute atomic E-state index is 0.0199. The van der Waals surface area contributed by atoms with Crippen molar-refractivity contribution in [1.29, 1.82) is 0 Å². The van der Waals surface area contributed by atoms with E-state index in [1.807, 2.05) is 0 Å². The van der Waals surface area contributed by atoms with Gasteiger partial charge in [-0.2, -0.15) is 0 Å². The SMILES string of the molecule is O=C(CCOCCN(CCOCCC(=O)ON1C(=O)CCC1=O)C(=O)CCN1C(=O)C=CC1=O)ON1C(=O)CCC1=O. The van der Waals surface area contributed by atoms with Gasteiger partial charge in [-0.1, -0.05) is 0 Å². The first-order valence-electron chi connectivity index (χ1n) is 13.2. The van der Waals surface area contributed by atoms with Gasteiger partial charge in [-0.3, -0.25) is 38.5 Å². The maximum atomic E-state index is 12.8. The number of hydrogen-bond acceptors (Lipinski definition) is 13. The molecule has 17 nitrogen and oxygen atoms in total. The molecule has 3 rings (SSSR count). The van der Waals surface area contributed by atoms with E-state index < -0.39 is 53.3 Å². The number of carbonyl (C=O) groups is 9. The van der Waals surface area contributed by atoms with E-state index in [4.69, 9.17) is 19.1 Å². The van der Waals surface area contributed by atoms with Gasteiger partial charge >= 0.3 is 11.9 Å². The molecule has 228 valence electrons. The van der Waals surface area contributed by atoms with E-state index in [2.05, 4.69) is 0 Å². The fraction of sp³-hybridized carbons (Fsp3) is 0.560. The second-order valence-electron chi connectivity index (χ2n) is 9.11. The number of hydrogen-bond donors (Lipinski definition) is 0. The van der Waals surface area contributed by atoms with Crippen molar-refractivity contribution in [2.24, 2.45) is 0 Å². The van der Waals surface area contributed by atoms with Crippen LogP contribution < -0.4 is 0 Å². The zero-order valence-electron chi connectivity index (χ0n) is 22.7. The van der Waals surface area contributed by atoms with E-state index in [0.717, 1.165) is 17.1 Å². The summed E-state index contributed by atoms with van der Waals surface area (Å²) >= 11 is 0. The van der Waals surface area contributed by atoms with Gasteiger partial charge in [0.25, 0.3) is 35.4 Å². The molecule has 0 aliphatic carbocycles. The fourth-order valence-electron chi connectivity index (χ4n) is 3.85. The van der Waals surface area contributed by atoms with Crippen molar-refractivity contribution in [3.63, 3.8) is 0 Å². The Labute approximate surface area is 239 Å². The second kappa shape index (κ2) is 15.5. The van der Waals surface area contributed by atoms with Crippen LogP contribution >= 0.6 is 0 Å². The summed E-state index contributed by atoms with van der Waals surface area (Å²) in [6, 6.07) is 0. The summed E-state index contributed by atoms with van der Waals surface area (Å²) in [4.78, 5) is 118. The molecule has 2 fully saturated rings. The van der Waals surface area contributed by atoms with Crippen molar-refractivity contribution in [2.45, 2.75) is 44.9 Å². The normalized spacial score (nSPS) is 16.7. The molecule has 0 saturated carbocycles. The molecule has 0 aromatic rings. The average molecular weight is 595 g/mol. The van der Waals surface area contributed by atoms with Gasteiger partial charge in [-0.05, 0) is 0 Å². The smallest absolute Gasteiger partial charge is 0.335 e. The predicted molar refractivity (Wildman–Crippen MR) is 132 cm³/mol. The van der Waals surface area contributed by atoms with Crippen LogP contribution in [0.1, 0.15) is 44.9 Å². The van der Waals surface area contributed by atoms with Crippen molar-refractivity contribution >= 4 is 53.3 Å². The third-order valence-electron chi connectivity index (χ3n) is 6.11. The minimum Gasteiger partial charge on any atom is -0.379 e. The van der Waals surface area contributed by atoms with Gasteiger partial charge in [-0.25, -0.2) is 9.59 Å². The van der Waals surface area contributed by atoms with Crippen molar-refractivity contribution in [2.75, 3.05) is 46.1 Å². The lowest BCUT2D eigenvalue weighted by Crippen LogP contribution is -2.40. The molecule has 0 N–H and O–H groups in total. The van der Waals surface area contributed by atoms with Crippen LogP contribution in [0.2, 0.25) is 0 Å². The molecule has 0 aromatic heterocycles. The average Bonchev–Trinajstić information content (AvgIpc) is 3.57. The lowest BCUT2D eigenvalue weighted by atomic mass is 10.3. The molecule has 42 heavy (non-hydrogen) atoms. The van der Waals surface area contributed by atoms with Crippen LogP contribution in [0.25, 0.3) is 0 Å². The molecular formula is C25H30N4O13. The summed E-state index contributed by atoms with van der Waals surface area (Å²) in [6.45, 7) is -0.340. The molecule has 0 aromatic carbocycles. The van der Waals surface area contributed by atoms with Gasteiger partial charge in [-0.15, -0.1) is 10.1 Å². The largest absolute Gasteiger partial charge is 0.379 e. The quantitative estimate of drug-likeness (QED) is 0.134. The van der Waals surface area contributed by atoms with Crippen LogP contribution in [0.4, 0.5) is 0 Å². The Bertz CT molecular complexity index is 1060. The van der Waals surface area contributed by atoms with Crippen LogP contribution in [0.5, 0.6) is 0 Å². The molecule has 3 aliphatic heterocycles. The third kappa shape index (κ3) is 9.27. The van der Waals surface area contributed by atoms with E-state index in [1.165, 1.54) is 4.90 Å². The molecule has 7 amide bonds. The summed E-state index contributed by atoms with van der Waals surface area (Å²) in [5.41, 5.74) is 0. The maximum absolute atomic E-state index is 12.8. The van der Waals surface area contributed by atoms with Crippen molar-refractivity contribution in [3.8, 4) is 0 Å². The first-order valence-corrected chi connectivity index (χ1v) is 13.2. The second-order valence-corrected chi connectivity index (χ2v) is 9.11. The van der Waals surface area contributed by atoms with E-state index in [0.29, 0.717) is 10.1 Å². The summed E-state index contributed by atoms with van der Waals surface area (Å²) in [5, 5.41) is 0.860. The molecule has 17 heteroatoms. The van der Waals surface area contributed by atoms with Crippen LogP contribution in [0.3, 0.4) is 0 Å². The molecule has 0 unspecified atom stereocenters. The standard InChI is InChI=1S/C25H30N4O13/c30-17(7-10-27-18(31)1-2-19(27)32)26(11-15-39-13-8-24(37)41-28-20(33)3-4-21(28)34)12-16-40-14-9-25(38)42-29-22(35)5-6-23(29)36/h1-2H,3-16H2. The van der Waals surface area contributed by atoms with Gasteiger partial charge in [0, 0.05) is 63.9 Å². The molecule has 0 radical (unpaired) electrons. The van der Waals surface area contributed by atoms with Gasteiger partial charge < -0.3 is 24.0 Å². The molecule has 0 atom stereocenters. The van der Waals surface area contributed by atoms with Crippen molar-refractivity contribution in [1.82, 2.24) is 19.9 Å². The number of nitrogens with zero attached hydrogens (tertiary/aromatic N) is 4. The summed E-state index contributed by atoms with van der Waals surface area (Å²) < 4.78 is 10.8. The Kier molecular flexibility index (Phi) is 11.8. The van der Waals surface area contributed by atoms with E-state index >= 15 is 0 Å².